The maximum absolute atomic E-state index is 12.8. The van der Waals surface area contributed by atoms with Crippen molar-refractivity contribution in [3.63, 3.8) is 0 Å². The molecule has 0 aliphatic rings. The minimum Gasteiger partial charge on any atom is -0.350 e. The number of benzene rings is 1. The van der Waals surface area contributed by atoms with Gasteiger partial charge in [-0.15, -0.1) is 0 Å². The van der Waals surface area contributed by atoms with Crippen molar-refractivity contribution in [3.8, 4) is 0 Å². The van der Waals surface area contributed by atoms with E-state index >= 15 is 0 Å². The Morgan fingerprint density at radius 1 is 1.19 bits per heavy atom. The van der Waals surface area contributed by atoms with E-state index in [-0.39, 0.29) is 30.2 Å². The van der Waals surface area contributed by atoms with Crippen LogP contribution in [0.2, 0.25) is 5.15 Å². The van der Waals surface area contributed by atoms with Crippen LogP contribution >= 0.6 is 11.6 Å². The molecule has 0 bridgehead atoms. The second-order valence-electron chi connectivity index (χ2n) is 6.84. The fourth-order valence-corrected chi connectivity index (χ4v) is 3.24. The van der Waals surface area contributed by atoms with Gasteiger partial charge in [-0.05, 0) is 17.7 Å². The summed E-state index contributed by atoms with van der Waals surface area (Å²) in [5, 5.41) is 18.5. The third-order valence-electron chi connectivity index (χ3n) is 4.70. The van der Waals surface area contributed by atoms with E-state index in [0.29, 0.717) is 33.9 Å². The summed E-state index contributed by atoms with van der Waals surface area (Å²) in [6, 6.07) is 9.17. The van der Waals surface area contributed by atoms with Crippen LogP contribution < -0.4 is 10.9 Å². The Morgan fingerprint density at radius 2 is 2.03 bits per heavy atom. The Kier molecular flexibility index (Phi) is 5.90. The number of rotatable bonds is 7. The lowest BCUT2D eigenvalue weighted by molar-refractivity contribution is -0.384. The molecule has 0 radical (unpaired) electrons. The lowest BCUT2D eigenvalue weighted by Crippen LogP contribution is -2.28. The quantitative estimate of drug-likeness (QED) is 0.256. The van der Waals surface area contributed by atoms with E-state index in [0.717, 1.165) is 0 Å². The molecule has 0 aliphatic carbocycles. The van der Waals surface area contributed by atoms with Crippen molar-refractivity contribution in [2.45, 2.75) is 13.1 Å². The van der Waals surface area contributed by atoms with Crippen LogP contribution in [0.5, 0.6) is 0 Å². The highest BCUT2D eigenvalue weighted by Gasteiger charge is 2.12. The molecule has 4 rings (SSSR count). The molecule has 0 fully saturated rings. The van der Waals surface area contributed by atoms with Gasteiger partial charge in [0.15, 0.2) is 5.65 Å². The van der Waals surface area contributed by atoms with Gasteiger partial charge in [0, 0.05) is 24.9 Å². The molecule has 0 spiro atoms. The van der Waals surface area contributed by atoms with Crippen LogP contribution in [-0.4, -0.2) is 41.7 Å². The number of hydrogen-bond donors (Lipinski definition) is 1. The molecule has 32 heavy (non-hydrogen) atoms. The average Bonchev–Trinajstić information content (AvgIpc) is 3.20. The third-order valence-corrected chi connectivity index (χ3v) is 4.92. The first-order valence-corrected chi connectivity index (χ1v) is 9.84. The van der Waals surface area contributed by atoms with E-state index in [9.17, 15) is 19.7 Å². The van der Waals surface area contributed by atoms with Crippen molar-refractivity contribution in [1.82, 2.24) is 29.6 Å². The van der Waals surface area contributed by atoms with Crippen molar-refractivity contribution in [2.24, 2.45) is 0 Å². The number of non-ortho nitro benzene ring substituents is 1. The highest BCUT2D eigenvalue weighted by molar-refractivity contribution is 6.29. The molecule has 3 aromatic heterocycles. The zero-order valence-electron chi connectivity index (χ0n) is 16.5. The first kappa shape index (κ1) is 21.1. The molecule has 1 N–H and O–H groups in total. The summed E-state index contributed by atoms with van der Waals surface area (Å²) in [5.41, 5.74) is 1.00. The number of carbonyl (C=O) groups excluding carboxylic acids is 1. The molecule has 0 saturated carbocycles. The Balaban J connectivity index is 1.46. The SMILES string of the molecule is O=C(NCCn1ncc2c(=O)n(Cc3cccc([N+](=O)[O-])c3)cnc21)c1ccc(Cl)nc1. The monoisotopic (exact) mass is 453 g/mol. The van der Waals surface area contributed by atoms with Gasteiger partial charge in [0.05, 0.1) is 29.8 Å². The van der Waals surface area contributed by atoms with Gasteiger partial charge in [-0.25, -0.2) is 14.6 Å². The molecule has 12 heteroatoms. The maximum Gasteiger partial charge on any atom is 0.269 e. The molecule has 0 saturated heterocycles. The number of nitro benzene ring substituents is 1. The zero-order valence-corrected chi connectivity index (χ0v) is 17.3. The topological polar surface area (TPSA) is 138 Å². The van der Waals surface area contributed by atoms with Crippen molar-refractivity contribution >= 4 is 34.2 Å². The van der Waals surface area contributed by atoms with Gasteiger partial charge >= 0.3 is 0 Å². The van der Waals surface area contributed by atoms with Gasteiger partial charge in [0.2, 0.25) is 0 Å². The Bertz CT molecular complexity index is 1360. The molecule has 3 heterocycles. The normalized spacial score (nSPS) is 10.9. The summed E-state index contributed by atoms with van der Waals surface area (Å²) >= 11 is 5.72. The number of amides is 1. The number of pyridine rings is 1. The summed E-state index contributed by atoms with van der Waals surface area (Å²) < 4.78 is 2.89. The van der Waals surface area contributed by atoms with Crippen LogP contribution in [0.4, 0.5) is 5.69 Å². The molecule has 4 aromatic rings. The summed E-state index contributed by atoms with van der Waals surface area (Å²) in [6.07, 6.45) is 4.17. The highest BCUT2D eigenvalue weighted by atomic mass is 35.5. The molecule has 0 unspecified atom stereocenters. The lowest BCUT2D eigenvalue weighted by atomic mass is 10.2. The van der Waals surface area contributed by atoms with Crippen LogP contribution in [0.1, 0.15) is 15.9 Å². The lowest BCUT2D eigenvalue weighted by Gasteiger charge is -2.08. The maximum atomic E-state index is 12.8. The van der Waals surface area contributed by atoms with Crippen molar-refractivity contribution in [1.29, 1.82) is 0 Å². The van der Waals surface area contributed by atoms with E-state index in [1.54, 1.807) is 18.2 Å². The van der Waals surface area contributed by atoms with Crippen LogP contribution in [-0.2, 0) is 13.1 Å². The van der Waals surface area contributed by atoms with E-state index in [1.165, 1.54) is 46.2 Å². The smallest absolute Gasteiger partial charge is 0.269 e. The number of nitrogens with one attached hydrogen (secondary N) is 1. The molecule has 162 valence electrons. The standard InChI is InChI=1S/C20H16ClN7O4/c21-17-5-4-14(9-23-17)19(29)22-6-7-27-18-16(10-25-27)20(30)26(12-24-18)11-13-2-1-3-15(8-13)28(31)32/h1-5,8-10,12H,6-7,11H2,(H,22,29). The predicted molar refractivity (Wildman–Crippen MR) is 116 cm³/mol. The second-order valence-corrected chi connectivity index (χ2v) is 7.22. The van der Waals surface area contributed by atoms with Crippen LogP contribution in [0.25, 0.3) is 11.0 Å². The van der Waals surface area contributed by atoms with Crippen molar-refractivity contribution in [2.75, 3.05) is 6.54 Å². The van der Waals surface area contributed by atoms with Crippen molar-refractivity contribution in [3.05, 3.63) is 91.9 Å². The number of nitro groups is 1. The minimum absolute atomic E-state index is 0.0474. The Morgan fingerprint density at radius 3 is 2.78 bits per heavy atom. The van der Waals surface area contributed by atoms with Gasteiger partial charge in [-0.3, -0.25) is 24.3 Å². The average molecular weight is 454 g/mol. The fraction of sp³-hybridized carbons (Fsp3) is 0.150. The molecular weight excluding hydrogens is 438 g/mol. The largest absolute Gasteiger partial charge is 0.350 e. The molecule has 0 atom stereocenters. The fourth-order valence-electron chi connectivity index (χ4n) is 3.13. The number of nitrogens with zero attached hydrogens (tertiary/aromatic N) is 6. The molecule has 1 aromatic carbocycles. The van der Waals surface area contributed by atoms with E-state index in [4.69, 9.17) is 11.6 Å². The summed E-state index contributed by atoms with van der Waals surface area (Å²) in [4.78, 5) is 43.6. The second kappa shape index (κ2) is 8.94. The van der Waals surface area contributed by atoms with Crippen LogP contribution in [0, 0.1) is 10.1 Å². The predicted octanol–water partition coefficient (Wildman–Crippen LogP) is 2.03. The zero-order chi connectivity index (χ0) is 22.7. The Hall–Kier alpha value is -4.12. The number of aromatic nitrogens is 5. The summed E-state index contributed by atoms with van der Waals surface area (Å²) in [6.45, 7) is 0.702. The number of hydrogen-bond acceptors (Lipinski definition) is 7. The highest BCUT2D eigenvalue weighted by Crippen LogP contribution is 2.14. The van der Waals surface area contributed by atoms with Gasteiger partial charge in [-0.2, -0.15) is 5.10 Å². The third kappa shape index (κ3) is 4.47. The number of halogens is 1. The van der Waals surface area contributed by atoms with Gasteiger partial charge in [-0.1, -0.05) is 23.7 Å². The summed E-state index contributed by atoms with van der Waals surface area (Å²) in [5.74, 6) is -0.308. The number of carbonyl (C=O) groups is 1. The molecule has 11 nitrogen and oxygen atoms in total. The molecule has 0 aliphatic heterocycles. The first-order valence-electron chi connectivity index (χ1n) is 9.46. The van der Waals surface area contributed by atoms with E-state index in [2.05, 4.69) is 20.4 Å². The molecular formula is C20H16ClN7O4. The van der Waals surface area contributed by atoms with Gasteiger partial charge in [0.1, 0.15) is 16.9 Å². The van der Waals surface area contributed by atoms with Gasteiger partial charge in [0.25, 0.3) is 17.2 Å². The first-order chi connectivity index (χ1) is 15.4. The minimum atomic E-state index is -0.486. The number of fused-ring (bicyclic) bond motifs is 1. The van der Waals surface area contributed by atoms with Crippen molar-refractivity contribution < 1.29 is 9.72 Å². The van der Waals surface area contributed by atoms with Crippen LogP contribution in [0.3, 0.4) is 0 Å². The Labute approximate surface area is 185 Å². The van der Waals surface area contributed by atoms with E-state index in [1.807, 2.05) is 0 Å². The van der Waals surface area contributed by atoms with Crippen LogP contribution in [0.15, 0.2) is 59.9 Å². The summed E-state index contributed by atoms with van der Waals surface area (Å²) in [7, 11) is 0. The van der Waals surface area contributed by atoms with Gasteiger partial charge < -0.3 is 5.32 Å². The van der Waals surface area contributed by atoms with E-state index < -0.39 is 4.92 Å². The molecule has 1 amide bonds.